The number of benzene rings is 1. The number of ether oxygens (including phenoxy) is 2. The van der Waals surface area contributed by atoms with E-state index < -0.39 is 5.97 Å². The molecule has 35 heavy (non-hydrogen) atoms. The van der Waals surface area contributed by atoms with E-state index in [1.807, 2.05) is 36.7 Å². The Kier molecular flexibility index (Phi) is 7.81. The average molecular weight is 515 g/mol. The Bertz CT molecular complexity index is 1250. The molecule has 1 atom stereocenters. The molecule has 186 valence electrons. The molecule has 10 heteroatoms. The van der Waals surface area contributed by atoms with Crippen LogP contribution in [0.4, 0.5) is 5.00 Å². The molecule has 0 radical (unpaired) electrons. The van der Waals surface area contributed by atoms with Crippen LogP contribution in [0, 0.1) is 19.8 Å². The van der Waals surface area contributed by atoms with E-state index in [0.717, 1.165) is 35.5 Å². The van der Waals surface area contributed by atoms with E-state index >= 15 is 0 Å². The summed E-state index contributed by atoms with van der Waals surface area (Å²) in [5.74, 6) is 1.54. The first kappa shape index (κ1) is 25.2. The second kappa shape index (κ2) is 10.8. The molecular weight excluding hydrogens is 484 g/mol. The zero-order valence-electron chi connectivity index (χ0n) is 20.6. The molecule has 0 spiro atoms. The number of fused-ring (bicyclic) bond motifs is 1. The monoisotopic (exact) mass is 514 g/mol. The minimum atomic E-state index is -0.401. The Morgan fingerprint density at radius 1 is 1.26 bits per heavy atom. The average Bonchev–Trinajstić information content (AvgIpc) is 3.36. The summed E-state index contributed by atoms with van der Waals surface area (Å²) in [6.07, 6.45) is 2.77. The van der Waals surface area contributed by atoms with Crippen LogP contribution in [0.2, 0.25) is 0 Å². The predicted molar refractivity (Wildman–Crippen MR) is 137 cm³/mol. The third-order valence-electron chi connectivity index (χ3n) is 6.26. The standard InChI is InChI=1S/C25H30N4O4S2/c1-14-6-9-18-19(10-14)35-23(22(18)24(31)32-5)26-21(30)13-34-25-28-27-20(29(25)4)12-33-17-8-7-15(2)16(3)11-17/h7-8,11,14H,6,9-10,12-13H2,1-5H3,(H,26,30). The van der Waals surface area contributed by atoms with Gasteiger partial charge in [-0.3, -0.25) is 4.79 Å². The predicted octanol–water partition coefficient (Wildman–Crippen LogP) is 4.71. The van der Waals surface area contributed by atoms with Gasteiger partial charge in [-0.15, -0.1) is 21.5 Å². The van der Waals surface area contributed by atoms with Crippen LogP contribution in [0.3, 0.4) is 0 Å². The minimum absolute atomic E-state index is 0.142. The van der Waals surface area contributed by atoms with Crippen molar-refractivity contribution in [1.29, 1.82) is 0 Å². The van der Waals surface area contributed by atoms with Crippen molar-refractivity contribution in [2.45, 2.75) is 51.8 Å². The highest BCUT2D eigenvalue weighted by molar-refractivity contribution is 7.99. The van der Waals surface area contributed by atoms with E-state index in [1.54, 1.807) is 0 Å². The molecular formula is C25H30N4O4S2. The number of aryl methyl sites for hydroxylation is 2. The maximum Gasteiger partial charge on any atom is 0.341 e. The fraction of sp³-hybridized carbons (Fsp3) is 0.440. The van der Waals surface area contributed by atoms with Gasteiger partial charge < -0.3 is 19.4 Å². The highest BCUT2D eigenvalue weighted by Crippen LogP contribution is 2.40. The zero-order valence-corrected chi connectivity index (χ0v) is 22.3. The summed E-state index contributed by atoms with van der Waals surface area (Å²) in [5, 5.41) is 12.5. The molecule has 2 aromatic heterocycles. The lowest BCUT2D eigenvalue weighted by Crippen LogP contribution is -2.17. The number of aromatic nitrogens is 3. The van der Waals surface area contributed by atoms with Crippen LogP contribution in [0.25, 0.3) is 0 Å². The number of amides is 1. The maximum atomic E-state index is 12.8. The molecule has 1 amide bonds. The van der Waals surface area contributed by atoms with Gasteiger partial charge in [-0.25, -0.2) is 4.79 Å². The van der Waals surface area contributed by atoms with Gasteiger partial charge in [0, 0.05) is 11.9 Å². The van der Waals surface area contributed by atoms with Gasteiger partial charge in [0.05, 0.1) is 18.4 Å². The van der Waals surface area contributed by atoms with E-state index in [4.69, 9.17) is 9.47 Å². The lowest BCUT2D eigenvalue weighted by atomic mass is 9.88. The normalized spacial score (nSPS) is 14.9. The maximum absolute atomic E-state index is 12.8. The van der Waals surface area contributed by atoms with Gasteiger partial charge in [0.15, 0.2) is 11.0 Å². The Balaban J connectivity index is 1.37. The summed E-state index contributed by atoms with van der Waals surface area (Å²) >= 11 is 2.77. The highest BCUT2D eigenvalue weighted by Gasteiger charge is 2.29. The summed E-state index contributed by atoms with van der Waals surface area (Å²) < 4.78 is 12.7. The number of thiophene rings is 1. The van der Waals surface area contributed by atoms with Crippen molar-refractivity contribution >= 4 is 40.0 Å². The van der Waals surface area contributed by atoms with Crippen LogP contribution < -0.4 is 10.1 Å². The molecule has 0 aliphatic heterocycles. The zero-order chi connectivity index (χ0) is 25.1. The van der Waals surface area contributed by atoms with Crippen molar-refractivity contribution in [1.82, 2.24) is 14.8 Å². The van der Waals surface area contributed by atoms with Crippen molar-refractivity contribution < 1.29 is 19.1 Å². The molecule has 8 nitrogen and oxygen atoms in total. The second-order valence-corrected chi connectivity index (χ2v) is 10.9. The minimum Gasteiger partial charge on any atom is -0.486 e. The molecule has 2 heterocycles. The Labute approximate surface area is 213 Å². The van der Waals surface area contributed by atoms with E-state index in [2.05, 4.69) is 29.4 Å². The first-order valence-corrected chi connectivity index (χ1v) is 13.3. The molecule has 1 aromatic carbocycles. The molecule has 0 bridgehead atoms. The number of thioether (sulfide) groups is 1. The molecule has 1 N–H and O–H groups in total. The van der Waals surface area contributed by atoms with Crippen LogP contribution in [-0.4, -0.2) is 39.5 Å². The van der Waals surface area contributed by atoms with Gasteiger partial charge in [0.25, 0.3) is 0 Å². The number of esters is 1. The van der Waals surface area contributed by atoms with Gasteiger partial charge >= 0.3 is 5.97 Å². The molecule has 4 rings (SSSR count). The number of carbonyl (C=O) groups excluding carboxylic acids is 2. The number of methoxy groups -OCH3 is 1. The second-order valence-electron chi connectivity index (χ2n) is 8.88. The number of hydrogen-bond donors (Lipinski definition) is 1. The largest absolute Gasteiger partial charge is 0.486 e. The Morgan fingerprint density at radius 3 is 2.80 bits per heavy atom. The summed E-state index contributed by atoms with van der Waals surface area (Å²) in [5.41, 5.74) is 3.90. The molecule has 1 unspecified atom stereocenters. The third kappa shape index (κ3) is 5.70. The summed E-state index contributed by atoms with van der Waals surface area (Å²) in [6.45, 7) is 6.59. The van der Waals surface area contributed by atoms with Crippen LogP contribution in [0.1, 0.15) is 51.1 Å². The van der Waals surface area contributed by atoms with E-state index in [0.29, 0.717) is 27.5 Å². The van der Waals surface area contributed by atoms with Crippen LogP contribution in [-0.2, 0) is 36.0 Å². The lowest BCUT2D eigenvalue weighted by Gasteiger charge is -2.18. The fourth-order valence-electron chi connectivity index (χ4n) is 4.00. The third-order valence-corrected chi connectivity index (χ3v) is 8.45. The van der Waals surface area contributed by atoms with Crippen LogP contribution in [0.5, 0.6) is 5.75 Å². The first-order valence-electron chi connectivity index (χ1n) is 11.5. The Hall–Kier alpha value is -2.85. The number of rotatable bonds is 8. The number of carbonyl (C=O) groups is 2. The van der Waals surface area contributed by atoms with Crippen molar-refractivity contribution in [3.8, 4) is 5.75 Å². The van der Waals surface area contributed by atoms with Crippen molar-refractivity contribution in [3.05, 3.63) is 51.2 Å². The molecule has 0 saturated carbocycles. The van der Waals surface area contributed by atoms with Gasteiger partial charge in [-0.2, -0.15) is 0 Å². The van der Waals surface area contributed by atoms with E-state index in [-0.39, 0.29) is 18.3 Å². The lowest BCUT2D eigenvalue weighted by molar-refractivity contribution is -0.113. The molecule has 3 aromatic rings. The van der Waals surface area contributed by atoms with Gasteiger partial charge in [-0.05, 0) is 67.9 Å². The number of hydrogen-bond acceptors (Lipinski definition) is 8. The topological polar surface area (TPSA) is 95.3 Å². The summed E-state index contributed by atoms with van der Waals surface area (Å²) in [7, 11) is 3.22. The number of anilines is 1. The summed E-state index contributed by atoms with van der Waals surface area (Å²) in [6, 6.07) is 5.96. The number of nitrogens with one attached hydrogen (secondary N) is 1. The first-order chi connectivity index (χ1) is 16.8. The summed E-state index contributed by atoms with van der Waals surface area (Å²) in [4.78, 5) is 26.4. The van der Waals surface area contributed by atoms with Crippen LogP contribution in [0.15, 0.2) is 23.4 Å². The van der Waals surface area contributed by atoms with Gasteiger partial charge in [-0.1, -0.05) is 24.8 Å². The van der Waals surface area contributed by atoms with E-state index in [9.17, 15) is 9.59 Å². The quantitative estimate of drug-likeness (QED) is 0.343. The van der Waals surface area contributed by atoms with Crippen molar-refractivity contribution in [2.24, 2.45) is 13.0 Å². The molecule has 0 saturated heterocycles. The highest BCUT2D eigenvalue weighted by atomic mass is 32.2. The van der Waals surface area contributed by atoms with Gasteiger partial charge in [0.2, 0.25) is 5.91 Å². The molecule has 1 aliphatic rings. The molecule has 0 fully saturated rings. The SMILES string of the molecule is COC(=O)c1c(NC(=O)CSc2nnc(COc3ccc(C)c(C)c3)n2C)sc2c1CCC(C)C2. The van der Waals surface area contributed by atoms with Crippen LogP contribution >= 0.6 is 23.1 Å². The fourth-order valence-corrected chi connectivity index (χ4v) is 6.14. The Morgan fingerprint density at radius 2 is 2.06 bits per heavy atom. The van der Waals surface area contributed by atoms with E-state index in [1.165, 1.54) is 41.3 Å². The smallest absolute Gasteiger partial charge is 0.341 e. The number of nitrogens with zero attached hydrogens (tertiary/aromatic N) is 3. The molecule has 1 aliphatic carbocycles. The van der Waals surface area contributed by atoms with Crippen molar-refractivity contribution in [2.75, 3.05) is 18.2 Å². The van der Waals surface area contributed by atoms with Crippen molar-refractivity contribution in [3.63, 3.8) is 0 Å². The van der Waals surface area contributed by atoms with Gasteiger partial charge in [0.1, 0.15) is 17.4 Å².